The summed E-state index contributed by atoms with van der Waals surface area (Å²) in [6, 6.07) is 7.02. The number of hydrogen-bond acceptors (Lipinski definition) is 5. The maximum absolute atomic E-state index is 14.6. The third kappa shape index (κ3) is 3.93. The van der Waals surface area contributed by atoms with Gasteiger partial charge in [-0.05, 0) is 24.3 Å². The van der Waals surface area contributed by atoms with E-state index in [-0.39, 0.29) is 29.1 Å². The monoisotopic (exact) mass is 432 g/mol. The van der Waals surface area contributed by atoms with Crippen LogP contribution in [0.1, 0.15) is 24.2 Å². The molecule has 0 unspecified atom stereocenters. The first-order valence-electron chi connectivity index (χ1n) is 9.20. The summed E-state index contributed by atoms with van der Waals surface area (Å²) < 4.78 is 62.3. The predicted molar refractivity (Wildman–Crippen MR) is 101 cm³/mol. The zero-order valence-corrected chi connectivity index (χ0v) is 16.1. The van der Waals surface area contributed by atoms with Crippen LogP contribution < -0.4 is 0 Å². The van der Waals surface area contributed by atoms with E-state index < -0.39 is 34.8 Å². The van der Waals surface area contributed by atoms with Crippen molar-refractivity contribution in [2.75, 3.05) is 0 Å². The summed E-state index contributed by atoms with van der Waals surface area (Å²) in [7, 11) is 0. The Morgan fingerprint density at radius 3 is 2.48 bits per heavy atom. The molecule has 0 fully saturated rings. The van der Waals surface area contributed by atoms with E-state index in [1.807, 2.05) is 0 Å². The number of aromatic nitrogens is 4. The molecule has 0 aliphatic carbocycles. The number of halogens is 4. The molecule has 0 bridgehead atoms. The number of benzene rings is 2. The summed E-state index contributed by atoms with van der Waals surface area (Å²) >= 11 is 0. The molecule has 31 heavy (non-hydrogen) atoms. The van der Waals surface area contributed by atoms with Crippen LogP contribution in [-0.4, -0.2) is 25.0 Å². The van der Waals surface area contributed by atoms with Gasteiger partial charge in [0.1, 0.15) is 53.0 Å². The first-order valence-corrected chi connectivity index (χ1v) is 9.20. The molecule has 1 N–H and O–H groups in total. The van der Waals surface area contributed by atoms with E-state index in [2.05, 4.69) is 15.2 Å². The maximum Gasteiger partial charge on any atom is 0.143 e. The highest BCUT2D eigenvalue weighted by molar-refractivity contribution is 5.60. The van der Waals surface area contributed by atoms with Gasteiger partial charge in [-0.1, -0.05) is 18.1 Å². The maximum atomic E-state index is 14.6. The van der Waals surface area contributed by atoms with Gasteiger partial charge < -0.3 is 9.63 Å². The highest BCUT2D eigenvalue weighted by Gasteiger charge is 2.42. The number of nitrogens with zero attached hydrogens (tertiary/aromatic N) is 4. The lowest BCUT2D eigenvalue weighted by Crippen LogP contribution is -2.38. The van der Waals surface area contributed by atoms with E-state index in [9.17, 15) is 22.7 Å². The highest BCUT2D eigenvalue weighted by Crippen LogP contribution is 2.40. The van der Waals surface area contributed by atoms with Crippen LogP contribution >= 0.6 is 0 Å². The second-order valence-electron chi connectivity index (χ2n) is 7.10. The molecule has 160 valence electrons. The van der Waals surface area contributed by atoms with Crippen molar-refractivity contribution in [3.8, 4) is 11.3 Å². The molecule has 10 heteroatoms. The second kappa shape index (κ2) is 7.95. The van der Waals surface area contributed by atoms with Crippen LogP contribution in [0, 0.1) is 23.3 Å². The van der Waals surface area contributed by atoms with Crippen LogP contribution in [0.2, 0.25) is 0 Å². The molecule has 0 saturated heterocycles. The zero-order chi connectivity index (χ0) is 22.2. The lowest BCUT2D eigenvalue weighted by atomic mass is 9.80. The van der Waals surface area contributed by atoms with Crippen molar-refractivity contribution in [3.05, 3.63) is 89.7 Å². The molecule has 2 heterocycles. The summed E-state index contributed by atoms with van der Waals surface area (Å²) in [6.45, 7) is 1.28. The molecular formula is C21H16F4N4O2. The van der Waals surface area contributed by atoms with Gasteiger partial charge >= 0.3 is 0 Å². The average Bonchev–Trinajstić information content (AvgIpc) is 3.41. The van der Waals surface area contributed by atoms with Gasteiger partial charge in [-0.15, -0.1) is 0 Å². The Hall–Kier alpha value is -3.53. The molecule has 0 radical (unpaired) electrons. The smallest absolute Gasteiger partial charge is 0.143 e. The summed E-state index contributed by atoms with van der Waals surface area (Å²) in [5, 5.41) is 19.3. The Balaban J connectivity index is 1.77. The Morgan fingerprint density at radius 2 is 1.77 bits per heavy atom. The largest absolute Gasteiger partial charge is 0.382 e. The van der Waals surface area contributed by atoms with Crippen molar-refractivity contribution in [1.82, 2.24) is 19.9 Å². The quantitative estimate of drug-likeness (QED) is 0.463. The van der Waals surface area contributed by atoms with Gasteiger partial charge in [0, 0.05) is 23.3 Å². The van der Waals surface area contributed by atoms with Crippen LogP contribution in [0.25, 0.3) is 11.3 Å². The molecule has 2 atom stereocenters. The van der Waals surface area contributed by atoms with E-state index in [4.69, 9.17) is 4.52 Å². The van der Waals surface area contributed by atoms with Gasteiger partial charge in [0.05, 0.1) is 12.5 Å². The molecule has 0 amide bonds. The van der Waals surface area contributed by atoms with E-state index in [0.29, 0.717) is 6.07 Å². The molecule has 4 aromatic rings. The second-order valence-corrected chi connectivity index (χ2v) is 7.10. The predicted octanol–water partition coefficient (Wildman–Crippen LogP) is 4.18. The van der Waals surface area contributed by atoms with Crippen LogP contribution in [0.15, 0.2) is 59.6 Å². The normalized spacial score (nSPS) is 14.4. The fourth-order valence-corrected chi connectivity index (χ4v) is 3.41. The Kier molecular flexibility index (Phi) is 5.32. The van der Waals surface area contributed by atoms with Crippen LogP contribution in [0.5, 0.6) is 0 Å². The minimum atomic E-state index is -1.97. The van der Waals surface area contributed by atoms with Gasteiger partial charge in [0.25, 0.3) is 0 Å². The molecule has 0 aliphatic rings. The molecule has 2 aromatic heterocycles. The van der Waals surface area contributed by atoms with Crippen LogP contribution in [0.3, 0.4) is 0 Å². The van der Waals surface area contributed by atoms with Crippen LogP contribution in [-0.2, 0) is 12.1 Å². The summed E-state index contributed by atoms with van der Waals surface area (Å²) in [4.78, 5) is 3.80. The topological polar surface area (TPSA) is 77.0 Å². The van der Waals surface area contributed by atoms with Crippen molar-refractivity contribution < 1.29 is 27.2 Å². The number of aliphatic hydroxyl groups is 1. The summed E-state index contributed by atoms with van der Waals surface area (Å²) in [6.07, 6.45) is 2.57. The van der Waals surface area contributed by atoms with Gasteiger partial charge in [-0.2, -0.15) is 5.10 Å². The summed E-state index contributed by atoms with van der Waals surface area (Å²) in [5.41, 5.74) is -2.30. The molecule has 6 nitrogen and oxygen atoms in total. The van der Waals surface area contributed by atoms with Crippen molar-refractivity contribution in [2.45, 2.75) is 25.0 Å². The van der Waals surface area contributed by atoms with E-state index >= 15 is 0 Å². The zero-order valence-electron chi connectivity index (χ0n) is 16.1. The number of hydrogen-bond donors (Lipinski definition) is 1. The molecule has 4 rings (SSSR count). The van der Waals surface area contributed by atoms with E-state index in [1.165, 1.54) is 30.3 Å². The third-order valence-electron chi connectivity index (χ3n) is 5.14. The first kappa shape index (κ1) is 20.7. The SMILES string of the molecule is C[C@@H](c1cc(-c2cc(F)ccc2F)no1)[C@](O)(Cn1cncn1)c1ccc(F)cc1F. The fourth-order valence-electron chi connectivity index (χ4n) is 3.41. The molecule has 0 spiro atoms. The van der Waals surface area contributed by atoms with Crippen molar-refractivity contribution in [3.63, 3.8) is 0 Å². The van der Waals surface area contributed by atoms with Gasteiger partial charge in [-0.3, -0.25) is 0 Å². The highest BCUT2D eigenvalue weighted by atomic mass is 19.1. The van der Waals surface area contributed by atoms with E-state index in [0.717, 1.165) is 30.3 Å². The molecular weight excluding hydrogens is 416 g/mol. The lowest BCUT2D eigenvalue weighted by molar-refractivity contribution is -0.0181. The molecule has 2 aromatic carbocycles. The van der Waals surface area contributed by atoms with Gasteiger partial charge in [0.2, 0.25) is 0 Å². The first-order chi connectivity index (χ1) is 14.8. The molecule has 0 saturated carbocycles. The Morgan fingerprint density at radius 1 is 1.03 bits per heavy atom. The van der Waals surface area contributed by atoms with E-state index in [1.54, 1.807) is 0 Å². The third-order valence-corrected chi connectivity index (χ3v) is 5.14. The van der Waals surface area contributed by atoms with Gasteiger partial charge in [0.15, 0.2) is 0 Å². The lowest BCUT2D eigenvalue weighted by Gasteiger charge is -2.33. The standard InChI is InChI=1S/C21H16F4N4O2/c1-12(20-8-19(28-31-20)15-6-13(22)3-5-17(15)24)21(30,9-29-11-26-10-27-29)16-4-2-14(23)7-18(16)25/h2-8,10-12,30H,9H2,1H3/t12-,21+/m0/s1. The van der Waals surface area contributed by atoms with Crippen molar-refractivity contribution in [1.29, 1.82) is 0 Å². The Bertz CT molecular complexity index is 1210. The van der Waals surface area contributed by atoms with Crippen LogP contribution in [0.4, 0.5) is 17.6 Å². The van der Waals surface area contributed by atoms with Crippen molar-refractivity contribution >= 4 is 0 Å². The number of rotatable bonds is 6. The average molecular weight is 432 g/mol. The Labute approximate surface area is 173 Å². The molecule has 0 aliphatic heterocycles. The van der Waals surface area contributed by atoms with Gasteiger partial charge in [-0.25, -0.2) is 27.2 Å². The minimum Gasteiger partial charge on any atom is -0.382 e. The fraction of sp³-hybridized carbons (Fsp3) is 0.190. The minimum absolute atomic E-state index is 0.00142. The van der Waals surface area contributed by atoms with Crippen molar-refractivity contribution in [2.24, 2.45) is 0 Å². The summed E-state index contributed by atoms with van der Waals surface area (Å²) in [5.74, 6) is -4.02.